The number of Topliss-reactive ketones (excluding diaryl/α,β-unsaturated/α-hetero) is 1. The maximum atomic E-state index is 11.1. The smallest absolute Gasteiger partial charge is 0.159 e. The number of rotatable bonds is 4. The standard InChI is InChI=1S/C14H20N2O2/c1-11(17)12-2-4-13(5-3-12)16-10-14(18)6-8-15-9-7-14/h2-5,15-16,18H,6-10H2,1H3. The zero-order chi connectivity index (χ0) is 13.0. The molecule has 0 saturated carbocycles. The molecule has 0 spiro atoms. The monoisotopic (exact) mass is 248 g/mol. The third-order valence-corrected chi connectivity index (χ3v) is 3.45. The minimum atomic E-state index is -0.621. The minimum absolute atomic E-state index is 0.0681. The highest BCUT2D eigenvalue weighted by atomic mass is 16.3. The maximum absolute atomic E-state index is 11.1. The molecule has 0 aromatic heterocycles. The number of anilines is 1. The molecule has 4 heteroatoms. The summed E-state index contributed by atoms with van der Waals surface area (Å²) in [6.45, 7) is 3.83. The van der Waals surface area contributed by atoms with Crippen molar-refractivity contribution >= 4 is 11.5 Å². The summed E-state index contributed by atoms with van der Waals surface area (Å²) >= 11 is 0. The number of carbonyl (C=O) groups is 1. The Morgan fingerprint density at radius 1 is 1.33 bits per heavy atom. The molecule has 0 radical (unpaired) electrons. The summed E-state index contributed by atoms with van der Waals surface area (Å²) in [5.41, 5.74) is 1.03. The van der Waals surface area contributed by atoms with E-state index in [1.54, 1.807) is 19.1 Å². The van der Waals surface area contributed by atoms with E-state index in [0.29, 0.717) is 12.1 Å². The van der Waals surface area contributed by atoms with Crippen molar-refractivity contribution in [1.82, 2.24) is 5.32 Å². The SMILES string of the molecule is CC(=O)c1ccc(NCC2(O)CCNCC2)cc1. The Morgan fingerprint density at radius 3 is 2.50 bits per heavy atom. The molecule has 1 heterocycles. The lowest BCUT2D eigenvalue weighted by Crippen LogP contribution is -2.46. The second-order valence-electron chi connectivity index (χ2n) is 4.96. The molecule has 1 aliphatic rings. The van der Waals surface area contributed by atoms with Crippen LogP contribution in [-0.2, 0) is 0 Å². The first-order valence-corrected chi connectivity index (χ1v) is 6.37. The van der Waals surface area contributed by atoms with E-state index in [0.717, 1.165) is 31.6 Å². The van der Waals surface area contributed by atoms with Gasteiger partial charge in [0.05, 0.1) is 5.60 Å². The van der Waals surface area contributed by atoms with Crippen LogP contribution >= 0.6 is 0 Å². The van der Waals surface area contributed by atoms with Gasteiger partial charge in [0.1, 0.15) is 0 Å². The van der Waals surface area contributed by atoms with E-state index in [2.05, 4.69) is 10.6 Å². The number of benzene rings is 1. The van der Waals surface area contributed by atoms with Gasteiger partial charge < -0.3 is 15.7 Å². The summed E-state index contributed by atoms with van der Waals surface area (Å²) < 4.78 is 0. The summed E-state index contributed by atoms with van der Waals surface area (Å²) in [6, 6.07) is 7.36. The van der Waals surface area contributed by atoms with Crippen LogP contribution in [0.3, 0.4) is 0 Å². The lowest BCUT2D eigenvalue weighted by Gasteiger charge is -2.33. The van der Waals surface area contributed by atoms with Crippen molar-refractivity contribution in [2.75, 3.05) is 25.0 Å². The van der Waals surface area contributed by atoms with Gasteiger partial charge in [-0.15, -0.1) is 0 Å². The molecule has 0 aliphatic carbocycles. The van der Waals surface area contributed by atoms with Crippen molar-refractivity contribution in [3.8, 4) is 0 Å². The normalized spacial score (nSPS) is 18.3. The van der Waals surface area contributed by atoms with E-state index >= 15 is 0 Å². The molecule has 3 N–H and O–H groups in total. The average Bonchev–Trinajstić information content (AvgIpc) is 2.38. The Kier molecular flexibility index (Phi) is 3.99. The van der Waals surface area contributed by atoms with E-state index in [9.17, 15) is 9.90 Å². The van der Waals surface area contributed by atoms with Gasteiger partial charge in [-0.2, -0.15) is 0 Å². The largest absolute Gasteiger partial charge is 0.388 e. The molecular weight excluding hydrogens is 228 g/mol. The van der Waals surface area contributed by atoms with Gasteiger partial charge in [0.15, 0.2) is 5.78 Å². The first kappa shape index (κ1) is 13.1. The fraction of sp³-hybridized carbons (Fsp3) is 0.500. The van der Waals surface area contributed by atoms with E-state index < -0.39 is 5.60 Å². The molecule has 0 unspecified atom stereocenters. The fourth-order valence-corrected chi connectivity index (χ4v) is 2.16. The summed E-state index contributed by atoms with van der Waals surface area (Å²) in [5, 5.41) is 16.8. The van der Waals surface area contributed by atoms with Crippen LogP contribution in [0.5, 0.6) is 0 Å². The molecule has 0 bridgehead atoms. The number of nitrogens with one attached hydrogen (secondary N) is 2. The van der Waals surface area contributed by atoms with Crippen molar-refractivity contribution in [2.45, 2.75) is 25.4 Å². The number of carbonyl (C=O) groups excluding carboxylic acids is 1. The minimum Gasteiger partial charge on any atom is -0.388 e. The van der Waals surface area contributed by atoms with Crippen LogP contribution < -0.4 is 10.6 Å². The highest BCUT2D eigenvalue weighted by Gasteiger charge is 2.28. The van der Waals surface area contributed by atoms with Crippen LogP contribution in [0.15, 0.2) is 24.3 Å². The molecule has 1 aromatic carbocycles. The lowest BCUT2D eigenvalue weighted by molar-refractivity contribution is 0.0232. The molecule has 0 atom stereocenters. The third kappa shape index (κ3) is 3.31. The molecule has 2 rings (SSSR count). The van der Waals surface area contributed by atoms with Gasteiger partial charge in [-0.3, -0.25) is 4.79 Å². The Bertz CT molecular complexity index is 408. The van der Waals surface area contributed by atoms with Crippen LogP contribution in [0.25, 0.3) is 0 Å². The molecule has 1 aromatic rings. The molecule has 18 heavy (non-hydrogen) atoms. The molecule has 1 saturated heterocycles. The Hall–Kier alpha value is -1.39. The van der Waals surface area contributed by atoms with Gasteiger partial charge in [-0.05, 0) is 57.1 Å². The van der Waals surface area contributed by atoms with Crippen LogP contribution in [0.1, 0.15) is 30.1 Å². The lowest BCUT2D eigenvalue weighted by atomic mass is 9.92. The Balaban J connectivity index is 1.91. The number of hydrogen-bond donors (Lipinski definition) is 3. The van der Waals surface area contributed by atoms with E-state index in [-0.39, 0.29) is 5.78 Å². The van der Waals surface area contributed by atoms with Crippen LogP contribution in [0.4, 0.5) is 5.69 Å². The molecule has 1 aliphatic heterocycles. The van der Waals surface area contributed by atoms with Crippen molar-refractivity contribution in [3.05, 3.63) is 29.8 Å². The van der Waals surface area contributed by atoms with E-state index in [1.165, 1.54) is 0 Å². The van der Waals surface area contributed by atoms with Crippen LogP contribution in [0.2, 0.25) is 0 Å². The van der Waals surface area contributed by atoms with Crippen LogP contribution in [-0.4, -0.2) is 36.1 Å². The molecule has 4 nitrogen and oxygen atoms in total. The number of piperidine rings is 1. The van der Waals surface area contributed by atoms with Crippen molar-refractivity contribution in [3.63, 3.8) is 0 Å². The van der Waals surface area contributed by atoms with Gasteiger partial charge in [-0.25, -0.2) is 0 Å². The number of hydrogen-bond acceptors (Lipinski definition) is 4. The fourth-order valence-electron chi connectivity index (χ4n) is 2.16. The first-order valence-electron chi connectivity index (χ1n) is 6.37. The van der Waals surface area contributed by atoms with E-state index in [1.807, 2.05) is 12.1 Å². The van der Waals surface area contributed by atoms with Gasteiger partial charge in [0, 0.05) is 17.8 Å². The summed E-state index contributed by atoms with van der Waals surface area (Å²) in [4.78, 5) is 11.1. The quantitative estimate of drug-likeness (QED) is 0.705. The molecule has 98 valence electrons. The van der Waals surface area contributed by atoms with Gasteiger partial charge in [0.2, 0.25) is 0 Å². The third-order valence-electron chi connectivity index (χ3n) is 3.45. The van der Waals surface area contributed by atoms with Gasteiger partial charge >= 0.3 is 0 Å². The summed E-state index contributed by atoms with van der Waals surface area (Å²) in [7, 11) is 0. The Labute approximate surface area is 107 Å². The molecule has 0 amide bonds. The highest BCUT2D eigenvalue weighted by molar-refractivity contribution is 5.94. The van der Waals surface area contributed by atoms with Crippen LogP contribution in [0, 0.1) is 0 Å². The summed E-state index contributed by atoms with van der Waals surface area (Å²) in [5.74, 6) is 0.0681. The zero-order valence-electron chi connectivity index (χ0n) is 10.7. The highest BCUT2D eigenvalue weighted by Crippen LogP contribution is 2.19. The Morgan fingerprint density at radius 2 is 1.94 bits per heavy atom. The second kappa shape index (κ2) is 5.50. The number of ketones is 1. The van der Waals surface area contributed by atoms with Crippen molar-refractivity contribution in [2.24, 2.45) is 0 Å². The number of aliphatic hydroxyl groups is 1. The zero-order valence-corrected chi connectivity index (χ0v) is 10.7. The predicted molar refractivity (Wildman–Crippen MR) is 72.0 cm³/mol. The van der Waals surface area contributed by atoms with Gasteiger partial charge in [0.25, 0.3) is 0 Å². The first-order chi connectivity index (χ1) is 8.59. The summed E-state index contributed by atoms with van der Waals surface area (Å²) in [6.07, 6.45) is 1.54. The predicted octanol–water partition coefficient (Wildman–Crippen LogP) is 1.42. The average molecular weight is 248 g/mol. The second-order valence-corrected chi connectivity index (χ2v) is 4.96. The molecular formula is C14H20N2O2. The maximum Gasteiger partial charge on any atom is 0.159 e. The van der Waals surface area contributed by atoms with Gasteiger partial charge in [-0.1, -0.05) is 0 Å². The molecule has 1 fully saturated rings. The topological polar surface area (TPSA) is 61.4 Å². The van der Waals surface area contributed by atoms with Crippen molar-refractivity contribution in [1.29, 1.82) is 0 Å². The van der Waals surface area contributed by atoms with E-state index in [4.69, 9.17) is 0 Å². The van der Waals surface area contributed by atoms with Crippen molar-refractivity contribution < 1.29 is 9.90 Å².